The summed E-state index contributed by atoms with van der Waals surface area (Å²) in [5.41, 5.74) is 5.25. The van der Waals surface area contributed by atoms with E-state index in [1.165, 1.54) is 29.1 Å². The minimum Gasteiger partial charge on any atom is -0.305 e. The average Bonchev–Trinajstić information content (AvgIpc) is 2.63. The summed E-state index contributed by atoms with van der Waals surface area (Å²) in [6.07, 6.45) is 6.32. The quantitative estimate of drug-likeness (QED) is 0.703. The summed E-state index contributed by atoms with van der Waals surface area (Å²) in [6.45, 7) is 4.25. The summed E-state index contributed by atoms with van der Waals surface area (Å²) >= 11 is 6.24. The van der Waals surface area contributed by atoms with Gasteiger partial charge in [0.2, 0.25) is 0 Å². The van der Waals surface area contributed by atoms with Gasteiger partial charge in [-0.2, -0.15) is 0 Å². The first kappa shape index (κ1) is 18.1. The number of amides is 1. The Hall–Kier alpha value is -2.72. The van der Waals surface area contributed by atoms with Gasteiger partial charge < -0.3 is 5.32 Å². The van der Waals surface area contributed by atoms with Gasteiger partial charge in [0.15, 0.2) is 5.82 Å². The third kappa shape index (κ3) is 4.46. The lowest BCUT2D eigenvalue weighted by Gasteiger charge is -2.10. The van der Waals surface area contributed by atoms with E-state index < -0.39 is 0 Å². The van der Waals surface area contributed by atoms with E-state index in [0.29, 0.717) is 16.4 Å². The molecule has 26 heavy (non-hydrogen) atoms. The van der Waals surface area contributed by atoms with Crippen LogP contribution in [0.5, 0.6) is 0 Å². The second kappa shape index (κ2) is 8.11. The second-order valence-electron chi connectivity index (χ2n) is 6.22. The Morgan fingerprint density at radius 1 is 1.08 bits per heavy atom. The molecule has 132 valence electrons. The molecule has 0 aliphatic carbocycles. The number of nitrogens with zero attached hydrogens (tertiary/aromatic N) is 2. The molecule has 0 bridgehead atoms. The second-order valence-corrected chi connectivity index (χ2v) is 6.62. The lowest BCUT2D eigenvalue weighted by Crippen LogP contribution is -2.14. The van der Waals surface area contributed by atoms with E-state index in [2.05, 4.69) is 47.3 Å². The predicted octanol–water partition coefficient (Wildman–Crippen LogP) is 4.84. The Labute approximate surface area is 158 Å². The highest BCUT2D eigenvalue weighted by Crippen LogP contribution is 2.22. The van der Waals surface area contributed by atoms with Gasteiger partial charge in [-0.25, -0.2) is 4.98 Å². The largest absolute Gasteiger partial charge is 0.305 e. The van der Waals surface area contributed by atoms with Crippen molar-refractivity contribution in [2.24, 2.45) is 0 Å². The number of hydrogen-bond acceptors (Lipinski definition) is 3. The van der Waals surface area contributed by atoms with Crippen molar-refractivity contribution in [1.82, 2.24) is 9.97 Å². The van der Waals surface area contributed by atoms with E-state index >= 15 is 0 Å². The molecule has 1 aromatic heterocycles. The van der Waals surface area contributed by atoms with Crippen LogP contribution < -0.4 is 5.32 Å². The third-order valence-electron chi connectivity index (χ3n) is 4.09. The fourth-order valence-electron chi connectivity index (χ4n) is 2.89. The number of aromatic nitrogens is 2. The standard InChI is InChI=1S/C21H20ClN3O/c1-3-15-8-14(2)9-17(10-15)11-16-4-5-19(22)18(12-16)21(26)25-20-13-23-6-7-24-20/h4-10,12-13H,3,11H2,1-2H3,(H,24,25,26). The molecular weight excluding hydrogens is 346 g/mol. The van der Waals surface area contributed by atoms with E-state index in [1.54, 1.807) is 12.3 Å². The molecule has 1 amide bonds. The Morgan fingerprint density at radius 3 is 2.62 bits per heavy atom. The summed E-state index contributed by atoms with van der Waals surface area (Å²) in [4.78, 5) is 20.5. The van der Waals surface area contributed by atoms with Crippen LogP contribution in [0.15, 0.2) is 55.0 Å². The minimum atomic E-state index is -0.296. The molecule has 0 radical (unpaired) electrons. The van der Waals surface area contributed by atoms with Gasteiger partial charge >= 0.3 is 0 Å². The van der Waals surface area contributed by atoms with Gasteiger partial charge in [0, 0.05) is 12.4 Å². The van der Waals surface area contributed by atoms with Crippen molar-refractivity contribution in [3.8, 4) is 0 Å². The summed E-state index contributed by atoms with van der Waals surface area (Å²) in [5, 5.41) is 3.13. The van der Waals surface area contributed by atoms with E-state index in [1.807, 2.05) is 12.1 Å². The number of anilines is 1. The summed E-state index contributed by atoms with van der Waals surface area (Å²) < 4.78 is 0. The Kier molecular flexibility index (Phi) is 5.64. The average molecular weight is 366 g/mol. The highest BCUT2D eigenvalue weighted by Gasteiger charge is 2.13. The molecule has 4 nitrogen and oxygen atoms in total. The van der Waals surface area contributed by atoms with Gasteiger partial charge in [0.25, 0.3) is 5.91 Å². The molecule has 0 saturated heterocycles. The lowest BCUT2D eigenvalue weighted by molar-refractivity contribution is 0.102. The van der Waals surface area contributed by atoms with Gasteiger partial charge in [-0.1, -0.05) is 48.4 Å². The summed E-state index contributed by atoms with van der Waals surface area (Å²) in [7, 11) is 0. The normalized spacial score (nSPS) is 10.6. The van der Waals surface area contributed by atoms with Gasteiger partial charge in [0.1, 0.15) is 0 Å². The van der Waals surface area contributed by atoms with Crippen LogP contribution in [0, 0.1) is 6.92 Å². The van der Waals surface area contributed by atoms with Crippen molar-refractivity contribution in [1.29, 1.82) is 0 Å². The molecule has 0 fully saturated rings. The number of halogens is 1. The molecule has 1 N–H and O–H groups in total. The first-order chi connectivity index (χ1) is 12.5. The van der Waals surface area contributed by atoms with Gasteiger partial charge in [0.05, 0.1) is 16.8 Å². The molecule has 3 rings (SSSR count). The van der Waals surface area contributed by atoms with Crippen LogP contribution in [-0.2, 0) is 12.8 Å². The van der Waals surface area contributed by atoms with E-state index in [9.17, 15) is 4.79 Å². The molecule has 0 saturated carbocycles. The van der Waals surface area contributed by atoms with Crippen LogP contribution >= 0.6 is 11.6 Å². The molecule has 0 spiro atoms. The zero-order chi connectivity index (χ0) is 18.5. The van der Waals surface area contributed by atoms with Crippen molar-refractivity contribution >= 4 is 23.3 Å². The number of carbonyl (C=O) groups is 1. The Bertz CT molecular complexity index is 926. The van der Waals surface area contributed by atoms with Crippen molar-refractivity contribution in [3.05, 3.63) is 87.8 Å². The van der Waals surface area contributed by atoms with Gasteiger partial charge in [-0.05, 0) is 48.6 Å². The maximum atomic E-state index is 12.5. The molecule has 0 aliphatic rings. The monoisotopic (exact) mass is 365 g/mol. The fourth-order valence-corrected chi connectivity index (χ4v) is 3.10. The highest BCUT2D eigenvalue weighted by molar-refractivity contribution is 6.34. The SMILES string of the molecule is CCc1cc(C)cc(Cc2ccc(Cl)c(C(=O)Nc3cnccn3)c2)c1. The minimum absolute atomic E-state index is 0.296. The van der Waals surface area contributed by atoms with E-state index in [-0.39, 0.29) is 5.91 Å². The smallest absolute Gasteiger partial charge is 0.258 e. The molecule has 3 aromatic rings. The fraction of sp³-hybridized carbons (Fsp3) is 0.190. The Balaban J connectivity index is 1.83. The predicted molar refractivity (Wildman–Crippen MR) is 105 cm³/mol. The molecule has 1 heterocycles. The zero-order valence-electron chi connectivity index (χ0n) is 14.8. The maximum absolute atomic E-state index is 12.5. The number of rotatable bonds is 5. The molecular formula is C21H20ClN3O. The van der Waals surface area contributed by atoms with Gasteiger partial charge in [-0.3, -0.25) is 9.78 Å². The number of benzene rings is 2. The maximum Gasteiger partial charge on any atom is 0.258 e. The molecule has 0 atom stereocenters. The zero-order valence-corrected chi connectivity index (χ0v) is 15.5. The number of nitrogens with one attached hydrogen (secondary N) is 1. The summed E-state index contributed by atoms with van der Waals surface area (Å²) in [5.74, 6) is 0.0982. The van der Waals surface area contributed by atoms with Crippen LogP contribution in [0.3, 0.4) is 0 Å². The van der Waals surface area contributed by atoms with Crippen molar-refractivity contribution in [3.63, 3.8) is 0 Å². The first-order valence-electron chi connectivity index (χ1n) is 8.50. The van der Waals surface area contributed by atoms with Crippen molar-refractivity contribution < 1.29 is 4.79 Å². The van der Waals surface area contributed by atoms with E-state index in [4.69, 9.17) is 11.6 Å². The van der Waals surface area contributed by atoms with Crippen molar-refractivity contribution in [2.75, 3.05) is 5.32 Å². The molecule has 0 unspecified atom stereocenters. The number of hydrogen-bond donors (Lipinski definition) is 1. The van der Waals surface area contributed by atoms with E-state index in [0.717, 1.165) is 18.4 Å². The van der Waals surface area contributed by atoms with Crippen molar-refractivity contribution in [2.45, 2.75) is 26.7 Å². The number of carbonyl (C=O) groups excluding carboxylic acids is 1. The molecule has 5 heteroatoms. The Morgan fingerprint density at radius 2 is 1.88 bits per heavy atom. The highest BCUT2D eigenvalue weighted by atomic mass is 35.5. The topological polar surface area (TPSA) is 54.9 Å². The van der Waals surface area contributed by atoms with Gasteiger partial charge in [-0.15, -0.1) is 0 Å². The first-order valence-corrected chi connectivity index (χ1v) is 8.88. The lowest BCUT2D eigenvalue weighted by atomic mass is 9.98. The summed E-state index contributed by atoms with van der Waals surface area (Å²) in [6, 6.07) is 12.1. The van der Waals surface area contributed by atoms with Crippen LogP contribution in [0.2, 0.25) is 5.02 Å². The molecule has 2 aromatic carbocycles. The molecule has 0 aliphatic heterocycles. The number of aryl methyl sites for hydroxylation is 2. The van der Waals surface area contributed by atoms with Crippen LogP contribution in [0.25, 0.3) is 0 Å². The van der Waals surface area contributed by atoms with Crippen LogP contribution in [0.4, 0.5) is 5.82 Å². The third-order valence-corrected chi connectivity index (χ3v) is 4.42. The van der Waals surface area contributed by atoms with Crippen LogP contribution in [0.1, 0.15) is 39.5 Å². The van der Waals surface area contributed by atoms with Crippen LogP contribution in [-0.4, -0.2) is 15.9 Å².